The maximum Gasteiger partial charge on any atom is 0.260 e. The lowest BCUT2D eigenvalue weighted by Crippen LogP contribution is -3.06. The third-order valence-corrected chi connectivity index (χ3v) is 6.20. The molecule has 7 heteroatoms. The van der Waals surface area contributed by atoms with Gasteiger partial charge in [0.2, 0.25) is 0 Å². The van der Waals surface area contributed by atoms with E-state index in [-0.39, 0.29) is 5.91 Å². The van der Waals surface area contributed by atoms with Gasteiger partial charge in [-0.15, -0.1) is 0 Å². The number of rotatable bonds is 9. The molecule has 1 amide bonds. The third kappa shape index (κ3) is 4.91. The van der Waals surface area contributed by atoms with E-state index >= 15 is 0 Å². The van der Waals surface area contributed by atoms with Crippen molar-refractivity contribution in [2.45, 2.75) is 13.8 Å². The van der Waals surface area contributed by atoms with Gasteiger partial charge < -0.3 is 14.5 Å². The predicted molar refractivity (Wildman–Crippen MR) is 126 cm³/mol. The molecule has 0 aliphatic heterocycles. The van der Waals surface area contributed by atoms with Gasteiger partial charge in [0, 0.05) is 30.4 Å². The Morgan fingerprint density at radius 1 is 1.10 bits per heavy atom. The van der Waals surface area contributed by atoms with Gasteiger partial charge in [-0.1, -0.05) is 11.3 Å². The van der Waals surface area contributed by atoms with Gasteiger partial charge in [-0.3, -0.25) is 9.69 Å². The fourth-order valence-electron chi connectivity index (χ4n) is 3.32. The topological polar surface area (TPSA) is 50.1 Å². The lowest BCUT2D eigenvalue weighted by atomic mass is 10.1. The van der Waals surface area contributed by atoms with E-state index in [2.05, 4.69) is 32.8 Å². The molecule has 6 nitrogen and oxygen atoms in total. The van der Waals surface area contributed by atoms with Crippen molar-refractivity contribution in [2.75, 3.05) is 57.2 Å². The fraction of sp³-hybridized carbons (Fsp3) is 0.391. The highest BCUT2D eigenvalue weighted by molar-refractivity contribution is 7.22. The summed E-state index contributed by atoms with van der Waals surface area (Å²) in [6.07, 6.45) is 0. The number of carbonyl (C=O) groups is 1. The predicted octanol–water partition coefficient (Wildman–Crippen LogP) is 2.94. The van der Waals surface area contributed by atoms with E-state index in [4.69, 9.17) is 9.72 Å². The van der Waals surface area contributed by atoms with Gasteiger partial charge in [-0.2, -0.15) is 0 Å². The molecule has 0 saturated heterocycles. The van der Waals surface area contributed by atoms with E-state index in [9.17, 15) is 4.79 Å². The van der Waals surface area contributed by atoms with Gasteiger partial charge in [0.05, 0.1) is 44.5 Å². The summed E-state index contributed by atoms with van der Waals surface area (Å²) >= 11 is 1.54. The molecule has 0 aliphatic carbocycles. The maximum absolute atomic E-state index is 13.4. The van der Waals surface area contributed by atoms with E-state index in [1.807, 2.05) is 42.5 Å². The first kappa shape index (κ1) is 22.1. The van der Waals surface area contributed by atoms with Crippen molar-refractivity contribution in [3.8, 4) is 5.75 Å². The van der Waals surface area contributed by atoms with E-state index in [0.29, 0.717) is 12.1 Å². The lowest BCUT2D eigenvalue weighted by Gasteiger charge is -2.23. The Labute approximate surface area is 182 Å². The second-order valence-electron chi connectivity index (χ2n) is 7.46. The Balaban J connectivity index is 1.92. The number of benzene rings is 2. The highest BCUT2D eigenvalue weighted by atomic mass is 32.1. The van der Waals surface area contributed by atoms with Crippen molar-refractivity contribution in [1.29, 1.82) is 0 Å². The van der Waals surface area contributed by atoms with Crippen LogP contribution in [0.4, 0.5) is 10.8 Å². The van der Waals surface area contributed by atoms with Crippen molar-refractivity contribution in [2.24, 2.45) is 0 Å². The van der Waals surface area contributed by atoms with E-state index in [0.717, 1.165) is 46.4 Å². The first-order chi connectivity index (χ1) is 14.5. The number of hydrogen-bond acceptors (Lipinski definition) is 5. The molecule has 0 fully saturated rings. The fourth-order valence-corrected chi connectivity index (χ4v) is 4.29. The van der Waals surface area contributed by atoms with Gasteiger partial charge in [0.25, 0.3) is 5.91 Å². The van der Waals surface area contributed by atoms with Crippen molar-refractivity contribution in [3.05, 3.63) is 48.0 Å². The number of anilines is 2. The highest BCUT2D eigenvalue weighted by Gasteiger charge is 2.22. The third-order valence-electron chi connectivity index (χ3n) is 5.14. The van der Waals surface area contributed by atoms with Crippen molar-refractivity contribution < 1.29 is 14.4 Å². The minimum Gasteiger partial charge on any atom is -0.497 e. The number of fused-ring (bicyclic) bond motifs is 1. The van der Waals surface area contributed by atoms with Gasteiger partial charge in [-0.25, -0.2) is 4.98 Å². The number of quaternary nitrogens is 1. The molecule has 30 heavy (non-hydrogen) atoms. The number of nitrogens with zero attached hydrogens (tertiary/aromatic N) is 3. The second-order valence-corrected chi connectivity index (χ2v) is 8.47. The highest BCUT2D eigenvalue weighted by Crippen LogP contribution is 2.32. The van der Waals surface area contributed by atoms with Crippen molar-refractivity contribution in [1.82, 2.24) is 4.98 Å². The zero-order valence-corrected chi connectivity index (χ0v) is 19.3. The number of likely N-dealkylation sites (N-methyl/N-ethyl adjacent to an activating group) is 1. The van der Waals surface area contributed by atoms with Crippen LogP contribution < -0.4 is 19.4 Å². The van der Waals surface area contributed by atoms with Crippen LogP contribution >= 0.6 is 11.3 Å². The van der Waals surface area contributed by atoms with Crippen molar-refractivity contribution >= 4 is 38.3 Å². The van der Waals surface area contributed by atoms with Gasteiger partial charge in [-0.05, 0) is 50.2 Å². The van der Waals surface area contributed by atoms with Gasteiger partial charge in [0.15, 0.2) is 5.13 Å². The molecule has 0 atom stereocenters. The first-order valence-electron chi connectivity index (χ1n) is 10.4. The molecule has 0 spiro atoms. The molecule has 2 aromatic carbocycles. The largest absolute Gasteiger partial charge is 0.497 e. The molecule has 1 N–H and O–H groups in total. The molecular formula is C23H31N4O2S+. The number of aromatic nitrogens is 1. The van der Waals surface area contributed by atoms with Crippen LogP contribution in [-0.2, 0) is 0 Å². The Bertz CT molecular complexity index is 981. The van der Waals surface area contributed by atoms with Crippen LogP contribution in [0.15, 0.2) is 42.5 Å². The summed E-state index contributed by atoms with van der Waals surface area (Å²) < 4.78 is 6.35. The minimum absolute atomic E-state index is 0.0200. The molecule has 0 unspecified atom stereocenters. The summed E-state index contributed by atoms with van der Waals surface area (Å²) in [5, 5.41) is 0.720. The van der Waals surface area contributed by atoms with Crippen LogP contribution in [0.2, 0.25) is 0 Å². The molecule has 3 aromatic rings. The smallest absolute Gasteiger partial charge is 0.260 e. The second kappa shape index (κ2) is 9.91. The standard InChI is InChI=1S/C23H30N4O2S/c1-6-26(7-2)18-10-8-17(9-11-18)22(28)27(15-14-25(3)4)23-24-20-16-19(29-5)12-13-21(20)30-23/h8-13,16H,6-7,14-15H2,1-5H3/p+1. The summed E-state index contributed by atoms with van der Waals surface area (Å²) in [5.41, 5.74) is 2.66. The SMILES string of the molecule is CCN(CC)c1ccc(C(=O)N(CC[NH+](C)C)c2nc3cc(OC)ccc3s2)cc1. The van der Waals surface area contributed by atoms with Crippen LogP contribution in [0.1, 0.15) is 24.2 Å². The number of thiazole rings is 1. The average molecular weight is 428 g/mol. The number of ether oxygens (including phenoxy) is 1. The van der Waals surface area contributed by atoms with Crippen LogP contribution in [0, 0.1) is 0 Å². The lowest BCUT2D eigenvalue weighted by molar-refractivity contribution is -0.856. The molecule has 0 radical (unpaired) electrons. The van der Waals surface area contributed by atoms with Gasteiger partial charge in [0.1, 0.15) is 5.75 Å². The average Bonchev–Trinajstić information content (AvgIpc) is 3.17. The normalized spacial score (nSPS) is 11.1. The maximum atomic E-state index is 13.4. The summed E-state index contributed by atoms with van der Waals surface area (Å²) in [7, 11) is 5.82. The number of nitrogens with one attached hydrogen (secondary N) is 1. The summed E-state index contributed by atoms with van der Waals surface area (Å²) in [5.74, 6) is 0.746. The number of carbonyl (C=O) groups excluding carboxylic acids is 1. The molecule has 160 valence electrons. The molecule has 0 bridgehead atoms. The number of methoxy groups -OCH3 is 1. The van der Waals surface area contributed by atoms with Crippen LogP contribution in [0.5, 0.6) is 5.75 Å². The van der Waals surface area contributed by atoms with E-state index in [1.165, 1.54) is 16.2 Å². The Kier molecular flexibility index (Phi) is 7.29. The summed E-state index contributed by atoms with van der Waals surface area (Å²) in [6, 6.07) is 13.7. The Morgan fingerprint density at radius 2 is 1.80 bits per heavy atom. The molecule has 0 aliphatic rings. The van der Waals surface area contributed by atoms with Crippen LogP contribution in [-0.4, -0.2) is 58.3 Å². The zero-order valence-electron chi connectivity index (χ0n) is 18.4. The quantitative estimate of drug-likeness (QED) is 0.571. The number of hydrogen-bond donors (Lipinski definition) is 1. The minimum atomic E-state index is -0.0200. The molecule has 0 saturated carbocycles. The van der Waals surface area contributed by atoms with Crippen LogP contribution in [0.3, 0.4) is 0 Å². The van der Waals surface area contributed by atoms with Gasteiger partial charge >= 0.3 is 0 Å². The Morgan fingerprint density at radius 3 is 2.40 bits per heavy atom. The molecular weight excluding hydrogens is 396 g/mol. The zero-order chi connectivity index (χ0) is 21.7. The van der Waals surface area contributed by atoms with E-state index in [1.54, 1.807) is 12.0 Å². The van der Waals surface area contributed by atoms with Crippen molar-refractivity contribution in [3.63, 3.8) is 0 Å². The van der Waals surface area contributed by atoms with E-state index < -0.39 is 0 Å². The summed E-state index contributed by atoms with van der Waals surface area (Å²) in [4.78, 5) is 23.5. The number of amides is 1. The molecule has 3 rings (SSSR count). The van der Waals surface area contributed by atoms with Crippen LogP contribution in [0.25, 0.3) is 10.2 Å². The summed E-state index contributed by atoms with van der Waals surface area (Å²) in [6.45, 7) is 7.60. The monoisotopic (exact) mass is 427 g/mol. The molecule has 1 heterocycles. The Hall–Kier alpha value is -2.64. The molecule has 1 aromatic heterocycles. The first-order valence-corrected chi connectivity index (χ1v) is 11.2.